The maximum absolute atomic E-state index is 11.8. The van der Waals surface area contributed by atoms with Crippen molar-refractivity contribution in [2.75, 3.05) is 13.2 Å². The lowest BCUT2D eigenvalue weighted by Gasteiger charge is -2.50. The number of aliphatic carboxylic acids is 1. The average molecular weight is 730 g/mol. The summed E-state index contributed by atoms with van der Waals surface area (Å²) in [5.74, 6) is -3.82. The number of hydrogen-bond donors (Lipinski definition) is 12. The van der Waals surface area contributed by atoms with Crippen molar-refractivity contribution in [1.82, 2.24) is 0 Å². The number of carboxylic acid groups (broad SMARTS) is 1. The highest BCUT2D eigenvalue weighted by Gasteiger charge is 2.57. The van der Waals surface area contributed by atoms with Crippen molar-refractivity contribution in [3.05, 3.63) is 0 Å². The molecule has 0 aromatic carbocycles. The number of ether oxygens (including phenoxy) is 6. The highest BCUT2D eigenvalue weighted by molar-refractivity contribution is 5.90. The van der Waals surface area contributed by atoms with Gasteiger partial charge in [-0.15, -0.1) is 0 Å². The van der Waals surface area contributed by atoms with Gasteiger partial charge in [0.1, 0.15) is 74.1 Å². The number of aliphatic hydroxyl groups excluding tert-OH is 11. The first-order chi connectivity index (χ1) is 23.6. The highest BCUT2D eigenvalue weighted by atomic mass is 16.7. The number of carboxylic acids is 1. The molecule has 0 aromatic heterocycles. The summed E-state index contributed by atoms with van der Waals surface area (Å²) in [6.07, 6.45) is -25.8. The number of carbonyl (C=O) groups is 2. The van der Waals surface area contributed by atoms with Gasteiger partial charge in [0, 0.05) is 18.8 Å². The van der Waals surface area contributed by atoms with E-state index >= 15 is 0 Å². The van der Waals surface area contributed by atoms with Gasteiger partial charge in [-0.2, -0.15) is 0 Å². The molecular formula is C30H49O20+. The summed E-state index contributed by atoms with van der Waals surface area (Å²) in [4.78, 5) is 22.7. The van der Waals surface area contributed by atoms with Crippen LogP contribution in [0, 0.1) is 11.8 Å². The summed E-state index contributed by atoms with van der Waals surface area (Å²) >= 11 is 0. The van der Waals surface area contributed by atoms with E-state index in [2.05, 4.69) is 0 Å². The number of esters is 1. The molecule has 5 fully saturated rings. The molecule has 288 valence electrons. The third kappa shape index (κ3) is 8.57. The Morgan fingerprint density at radius 2 is 1.22 bits per heavy atom. The Morgan fingerprint density at radius 1 is 0.660 bits per heavy atom. The number of hydrogen-bond acceptors (Lipinski definition) is 18. The van der Waals surface area contributed by atoms with E-state index < -0.39 is 154 Å². The van der Waals surface area contributed by atoms with Gasteiger partial charge in [-0.3, -0.25) is 9.59 Å². The number of aliphatic hydroxyl groups is 13. The minimum atomic E-state index is -1.87. The van der Waals surface area contributed by atoms with E-state index in [0.29, 0.717) is 0 Å². The monoisotopic (exact) mass is 729 g/mol. The minimum Gasteiger partial charge on any atom is -0.481 e. The fraction of sp³-hybridized carbons (Fsp3) is 0.933. The van der Waals surface area contributed by atoms with Crippen LogP contribution in [0.25, 0.3) is 0 Å². The molecule has 0 radical (unpaired) electrons. The molecule has 3 heterocycles. The van der Waals surface area contributed by atoms with Crippen LogP contribution in [0.4, 0.5) is 0 Å². The predicted octanol–water partition coefficient (Wildman–Crippen LogP) is -6.69. The van der Waals surface area contributed by atoms with Crippen LogP contribution in [0.15, 0.2) is 0 Å². The lowest BCUT2D eigenvalue weighted by molar-refractivity contribution is -0.368. The molecule has 2 saturated carbocycles. The van der Waals surface area contributed by atoms with Gasteiger partial charge in [0.15, 0.2) is 24.8 Å². The molecule has 13 N–H and O–H groups in total. The molecule has 0 spiro atoms. The molecule has 3 saturated heterocycles. The molecular weight excluding hydrogens is 680 g/mol. The summed E-state index contributed by atoms with van der Waals surface area (Å²) in [5, 5.41) is 124. The lowest BCUT2D eigenvalue weighted by atomic mass is 9.72. The smallest absolute Gasteiger partial charge is 0.317 e. The topological polar surface area (TPSA) is 336 Å². The van der Waals surface area contributed by atoms with Crippen LogP contribution in [0.1, 0.15) is 38.5 Å². The number of rotatable bonds is 10. The van der Waals surface area contributed by atoms with Gasteiger partial charge >= 0.3 is 11.9 Å². The zero-order valence-electron chi connectivity index (χ0n) is 26.9. The van der Waals surface area contributed by atoms with Crippen molar-refractivity contribution in [3.8, 4) is 0 Å². The molecule has 18 atom stereocenters. The van der Waals surface area contributed by atoms with Crippen molar-refractivity contribution in [1.29, 1.82) is 0 Å². The summed E-state index contributed by atoms with van der Waals surface area (Å²) < 4.78 is 33.3. The van der Waals surface area contributed by atoms with Gasteiger partial charge < -0.3 is 89.7 Å². The normalized spacial score (nSPS) is 49.9. The summed E-state index contributed by atoms with van der Waals surface area (Å²) in [5.41, 5.74) is 0. The molecule has 2 aliphatic carbocycles. The third-order valence-corrected chi connectivity index (χ3v) is 10.4. The van der Waals surface area contributed by atoms with E-state index in [1.807, 2.05) is 0 Å². The fourth-order valence-corrected chi connectivity index (χ4v) is 7.73. The number of carbonyl (C=O) groups excluding carboxylic acids is 1. The van der Waals surface area contributed by atoms with Crippen LogP contribution in [-0.4, -0.2) is 201 Å². The quantitative estimate of drug-likeness (QED) is 0.0565. The maximum Gasteiger partial charge on any atom is 0.317 e. The van der Waals surface area contributed by atoms with Crippen LogP contribution in [0.5, 0.6) is 0 Å². The van der Waals surface area contributed by atoms with Crippen molar-refractivity contribution in [2.24, 2.45) is 11.8 Å². The molecule has 20 heteroatoms. The molecule has 0 bridgehead atoms. The van der Waals surface area contributed by atoms with E-state index in [9.17, 15) is 65.8 Å². The molecule has 3 aliphatic heterocycles. The zero-order valence-corrected chi connectivity index (χ0v) is 26.9. The summed E-state index contributed by atoms with van der Waals surface area (Å²) in [6.45, 7) is -1.40. The Labute approximate surface area is 285 Å². The van der Waals surface area contributed by atoms with E-state index in [-0.39, 0.29) is 32.1 Å². The first-order valence-corrected chi connectivity index (χ1v) is 16.7. The lowest BCUT2D eigenvalue weighted by Crippen LogP contribution is -2.64. The Balaban J connectivity index is 1.38. The van der Waals surface area contributed by atoms with E-state index in [1.165, 1.54) is 0 Å². The highest BCUT2D eigenvalue weighted by Crippen LogP contribution is 2.44. The Hall–Kier alpha value is -1.70. The Kier molecular flexibility index (Phi) is 13.1. The van der Waals surface area contributed by atoms with Gasteiger partial charge in [0.05, 0.1) is 36.9 Å². The summed E-state index contributed by atoms with van der Waals surface area (Å²) in [6, 6.07) is 0. The van der Waals surface area contributed by atoms with E-state index in [4.69, 9.17) is 33.5 Å². The second-order valence-electron chi connectivity index (χ2n) is 13.9. The SMILES string of the molecule is O=C(O)CC(=O)OCC1OC(OC2CC3C(OC4OC(CO)C(O)C(O)C4O)CC(O)CC3[OH+]C2C2CC(O)C(O)C(O)C2)C(O)C(O)C1O. The van der Waals surface area contributed by atoms with Crippen molar-refractivity contribution in [2.45, 2.75) is 149 Å². The van der Waals surface area contributed by atoms with Crippen LogP contribution in [-0.2, 0) is 33.3 Å². The molecule has 5 rings (SSSR count). The van der Waals surface area contributed by atoms with Crippen LogP contribution < -0.4 is 0 Å². The van der Waals surface area contributed by atoms with Gasteiger partial charge in [-0.05, 0) is 19.3 Å². The molecule has 18 unspecified atom stereocenters. The first kappa shape index (κ1) is 39.5. The standard InChI is InChI=1S/C30H48O20/c31-7-17-22(39)24(41)26(43)29(49-17)47-15-4-10(32)3-14-11(15)5-16(28(46-14)9-1-12(33)21(38)13(34)2-9)48-30-27(44)25(42)23(40)18(50-30)8-45-20(37)6-19(35)36/h9-18,21-34,38-44H,1-8H2,(H,35,36)/p+1. The average Bonchev–Trinajstić information content (AvgIpc) is 3.06. The van der Waals surface area contributed by atoms with Crippen LogP contribution in [0.3, 0.4) is 0 Å². The van der Waals surface area contributed by atoms with Crippen molar-refractivity contribution >= 4 is 11.9 Å². The minimum absolute atomic E-state index is 0.00733. The first-order valence-electron chi connectivity index (χ1n) is 16.7. The molecule has 50 heavy (non-hydrogen) atoms. The Morgan fingerprint density at radius 3 is 1.80 bits per heavy atom. The molecule has 0 aromatic rings. The van der Waals surface area contributed by atoms with E-state index in [1.54, 1.807) is 0 Å². The van der Waals surface area contributed by atoms with E-state index in [0.717, 1.165) is 0 Å². The zero-order chi connectivity index (χ0) is 36.6. The third-order valence-electron chi connectivity index (χ3n) is 10.4. The maximum atomic E-state index is 11.8. The van der Waals surface area contributed by atoms with Crippen molar-refractivity contribution in [3.63, 3.8) is 0 Å². The van der Waals surface area contributed by atoms with Gasteiger partial charge in [-0.1, -0.05) is 0 Å². The second kappa shape index (κ2) is 16.5. The Bertz CT molecular complexity index is 1130. The van der Waals surface area contributed by atoms with Crippen molar-refractivity contribution < 1.29 is 99.3 Å². The molecule has 0 amide bonds. The number of fused-ring (bicyclic) bond motifs is 1. The van der Waals surface area contributed by atoms with Gasteiger partial charge in [-0.25, -0.2) is 0 Å². The summed E-state index contributed by atoms with van der Waals surface area (Å²) in [7, 11) is 0. The van der Waals surface area contributed by atoms with Crippen LogP contribution in [0.2, 0.25) is 0 Å². The van der Waals surface area contributed by atoms with Gasteiger partial charge in [0.2, 0.25) is 0 Å². The second-order valence-corrected chi connectivity index (χ2v) is 13.9. The van der Waals surface area contributed by atoms with Gasteiger partial charge in [0.25, 0.3) is 0 Å². The predicted molar refractivity (Wildman–Crippen MR) is 157 cm³/mol. The fourth-order valence-electron chi connectivity index (χ4n) is 7.73. The molecule has 20 nitrogen and oxygen atoms in total. The largest absolute Gasteiger partial charge is 0.481 e. The van der Waals surface area contributed by atoms with Crippen LogP contribution >= 0.6 is 0 Å². The molecule has 5 aliphatic rings.